The quantitative estimate of drug-likeness (QED) is 0.0407. The van der Waals surface area contributed by atoms with Crippen molar-refractivity contribution in [3.05, 3.63) is 77.4 Å². The van der Waals surface area contributed by atoms with Gasteiger partial charge in [-0.3, -0.25) is 18.4 Å². The number of thiocarbonyl (C=S) groups is 1. The fraction of sp³-hybridized carbons (Fsp3) is 0.345. The number of esters is 2. The Labute approximate surface area is 259 Å². The van der Waals surface area contributed by atoms with Crippen LogP contribution in [0.2, 0.25) is 0 Å². The van der Waals surface area contributed by atoms with Crippen LogP contribution in [0.15, 0.2) is 60.7 Å². The molecule has 0 fully saturated rings. The average Bonchev–Trinajstić information content (AvgIpc) is 2.98. The zero-order valence-electron chi connectivity index (χ0n) is 23.6. The lowest BCUT2D eigenvalue weighted by molar-refractivity contribution is -0.144. The van der Waals surface area contributed by atoms with Gasteiger partial charge in [0.05, 0.1) is 31.3 Å². The lowest BCUT2D eigenvalue weighted by atomic mass is 9.98. The van der Waals surface area contributed by atoms with Gasteiger partial charge in [0.25, 0.3) is 0 Å². The molecule has 13 heteroatoms. The number of ether oxygens (including phenoxy) is 2. The normalized spacial score (nSPS) is 12.2. The molecule has 226 valence electrons. The molecule has 9 nitrogen and oxygen atoms in total. The van der Waals surface area contributed by atoms with Crippen molar-refractivity contribution >= 4 is 69.3 Å². The first kappa shape index (κ1) is 34.1. The molecule has 3 rings (SSSR count). The van der Waals surface area contributed by atoms with Gasteiger partial charge in [0.15, 0.2) is 0 Å². The molecule has 2 N–H and O–H groups in total. The van der Waals surface area contributed by atoms with Crippen LogP contribution in [0.25, 0.3) is 10.8 Å². The van der Waals surface area contributed by atoms with E-state index in [1.165, 1.54) is 21.6 Å². The highest BCUT2D eigenvalue weighted by Crippen LogP contribution is 2.49. The molecule has 0 aromatic heterocycles. The summed E-state index contributed by atoms with van der Waals surface area (Å²) >= 11 is 4.94. The van der Waals surface area contributed by atoms with Gasteiger partial charge in [0.2, 0.25) is 0 Å². The molecule has 0 aliphatic rings. The lowest BCUT2D eigenvalue weighted by Gasteiger charge is -2.16. The van der Waals surface area contributed by atoms with Gasteiger partial charge in [-0.2, -0.15) is 0 Å². The van der Waals surface area contributed by atoms with Gasteiger partial charge in [-0.25, -0.2) is 9.36 Å². The second-order valence-electron chi connectivity index (χ2n) is 8.75. The van der Waals surface area contributed by atoms with Crippen LogP contribution in [0.1, 0.15) is 48.2 Å². The first-order valence-corrected chi connectivity index (χ1v) is 17.6. The van der Waals surface area contributed by atoms with Gasteiger partial charge in [0, 0.05) is 17.1 Å². The Morgan fingerprint density at radius 1 is 0.857 bits per heavy atom. The van der Waals surface area contributed by atoms with Crippen LogP contribution in [-0.2, 0) is 27.7 Å². The van der Waals surface area contributed by atoms with Crippen LogP contribution in [0.4, 0.5) is 0 Å². The van der Waals surface area contributed by atoms with Gasteiger partial charge in [0.1, 0.15) is 17.3 Å². The molecule has 3 aromatic rings. The number of rotatable bonds is 17. The predicted octanol–water partition coefficient (Wildman–Crippen LogP) is 6.92. The zero-order valence-corrected chi connectivity index (χ0v) is 27.0. The summed E-state index contributed by atoms with van der Waals surface area (Å²) in [5.41, 5.74) is 7.48. The molecule has 0 aliphatic heterocycles. The molecule has 1 atom stereocenters. The summed E-state index contributed by atoms with van der Waals surface area (Å²) in [5.74, 6) is 0.329. The third-order valence-electron chi connectivity index (χ3n) is 5.79. The first-order chi connectivity index (χ1) is 20.2. The maximum atomic E-state index is 12.6. The second kappa shape index (κ2) is 17.0. The summed E-state index contributed by atoms with van der Waals surface area (Å²) in [6.07, 6.45) is 0. The van der Waals surface area contributed by atoms with Crippen molar-refractivity contribution in [2.45, 2.75) is 26.7 Å². The summed E-state index contributed by atoms with van der Waals surface area (Å²) < 4.78 is 38.7. The summed E-state index contributed by atoms with van der Waals surface area (Å²) in [4.78, 5) is 25.4. The van der Waals surface area contributed by atoms with E-state index in [-0.39, 0.29) is 37.4 Å². The number of nitrogens with two attached hydrogens (primary N) is 1. The number of phosphoric acid groups is 1. The van der Waals surface area contributed by atoms with E-state index in [0.29, 0.717) is 28.4 Å². The van der Waals surface area contributed by atoms with Gasteiger partial charge in [-0.15, -0.1) is 0 Å². The van der Waals surface area contributed by atoms with Crippen LogP contribution < -0.4 is 10.5 Å². The number of carbonyl (C=O) groups is 2. The minimum atomic E-state index is -3.49. The summed E-state index contributed by atoms with van der Waals surface area (Å²) in [6.45, 7) is 6.21. The van der Waals surface area contributed by atoms with Crippen LogP contribution in [0.3, 0.4) is 0 Å². The minimum absolute atomic E-state index is 0.218. The van der Waals surface area contributed by atoms with Gasteiger partial charge < -0.3 is 15.2 Å². The largest absolute Gasteiger partial charge is 0.474 e. The van der Waals surface area contributed by atoms with Crippen molar-refractivity contribution in [3.8, 4) is 5.75 Å². The fourth-order valence-electron chi connectivity index (χ4n) is 3.68. The molecular weight excluding hydrogens is 617 g/mol. The Bertz CT molecular complexity index is 1410. The molecule has 42 heavy (non-hydrogen) atoms. The van der Waals surface area contributed by atoms with Crippen molar-refractivity contribution in [3.63, 3.8) is 0 Å². The molecule has 3 aromatic carbocycles. The van der Waals surface area contributed by atoms with Crippen molar-refractivity contribution in [2.24, 2.45) is 5.73 Å². The summed E-state index contributed by atoms with van der Waals surface area (Å²) in [5, 5.41) is 1.77. The van der Waals surface area contributed by atoms with E-state index in [1.54, 1.807) is 57.2 Å². The number of phosphoric ester groups is 1. The summed E-state index contributed by atoms with van der Waals surface area (Å²) in [7, 11) is -0.442. The third-order valence-corrected chi connectivity index (χ3v) is 10.0. The zero-order chi connectivity index (χ0) is 30.5. The second-order valence-corrected chi connectivity index (χ2v) is 13.6. The number of carbonyl (C=O) groups excluding carboxylic acids is 2. The lowest BCUT2D eigenvalue weighted by Crippen LogP contribution is -2.14. The van der Waals surface area contributed by atoms with Gasteiger partial charge >= 0.3 is 19.8 Å². The number of hydrogen-bond acceptors (Lipinski definition) is 11. The topological polar surface area (TPSA) is 123 Å². The van der Waals surface area contributed by atoms with Crippen molar-refractivity contribution in [1.82, 2.24) is 0 Å². The number of hydrogen-bond donors (Lipinski definition) is 1. The molecule has 0 aliphatic carbocycles. The highest BCUT2D eigenvalue weighted by atomic mass is 33.1. The molecule has 0 heterocycles. The maximum Gasteiger partial charge on any atom is 0.474 e. The Morgan fingerprint density at radius 3 is 2.10 bits per heavy atom. The van der Waals surface area contributed by atoms with E-state index in [1.807, 2.05) is 24.3 Å². The van der Waals surface area contributed by atoms with Gasteiger partial charge in [-0.05, 0) is 61.4 Å². The Morgan fingerprint density at radius 2 is 1.45 bits per heavy atom. The van der Waals surface area contributed by atoms with Crippen molar-refractivity contribution < 1.29 is 37.2 Å². The Hall–Kier alpha value is -2.44. The standard InChI is InChI=1S/C29H34NO8PS3/c1-4-35-39(33,36-5-2)37-15-17-42-41-16-14-34-28(31)20(3)23-10-11-25-19-26(13-12-24(25)18-23)38-29(32)22-8-6-21(7-9-22)27(30)40/h6-13,18-20H,4-5,14-17H2,1-3H3,(H2,30,40). The van der Waals surface area contributed by atoms with E-state index in [2.05, 4.69) is 0 Å². The van der Waals surface area contributed by atoms with Crippen LogP contribution in [0.5, 0.6) is 5.75 Å². The highest BCUT2D eigenvalue weighted by molar-refractivity contribution is 8.76. The Kier molecular flexibility index (Phi) is 13.8. The van der Waals surface area contributed by atoms with E-state index in [9.17, 15) is 14.2 Å². The van der Waals surface area contributed by atoms with Crippen LogP contribution in [-0.4, -0.2) is 54.9 Å². The third kappa shape index (κ3) is 10.4. The van der Waals surface area contributed by atoms with E-state index in [0.717, 1.165) is 16.3 Å². The monoisotopic (exact) mass is 651 g/mol. The van der Waals surface area contributed by atoms with Gasteiger partial charge in [-0.1, -0.05) is 70.2 Å². The maximum absolute atomic E-state index is 12.6. The molecule has 1 unspecified atom stereocenters. The number of fused-ring (bicyclic) bond motifs is 1. The van der Waals surface area contributed by atoms with Crippen molar-refractivity contribution in [1.29, 1.82) is 0 Å². The van der Waals surface area contributed by atoms with Crippen molar-refractivity contribution in [2.75, 3.05) is 37.9 Å². The fourth-order valence-corrected chi connectivity index (χ4v) is 6.76. The van der Waals surface area contributed by atoms with E-state index >= 15 is 0 Å². The molecule has 0 radical (unpaired) electrons. The molecule has 0 saturated carbocycles. The molecular formula is C29H34NO8PS3. The average molecular weight is 652 g/mol. The van der Waals surface area contributed by atoms with Crippen LogP contribution >= 0.6 is 41.6 Å². The predicted molar refractivity (Wildman–Crippen MR) is 172 cm³/mol. The molecule has 0 spiro atoms. The highest BCUT2D eigenvalue weighted by Gasteiger charge is 2.25. The molecule has 0 saturated heterocycles. The number of benzene rings is 3. The minimum Gasteiger partial charge on any atom is -0.464 e. The first-order valence-electron chi connectivity index (χ1n) is 13.3. The van der Waals surface area contributed by atoms with E-state index < -0.39 is 19.7 Å². The van der Waals surface area contributed by atoms with E-state index in [4.69, 9.17) is 41.0 Å². The smallest absolute Gasteiger partial charge is 0.464 e. The molecule has 0 bridgehead atoms. The molecule has 0 amide bonds. The van der Waals surface area contributed by atoms with Crippen LogP contribution in [0, 0.1) is 0 Å². The Balaban J connectivity index is 1.43. The summed E-state index contributed by atoms with van der Waals surface area (Å²) in [6, 6.07) is 17.6. The SMILES string of the molecule is CCOP(=O)(OCC)OCCSSCCOC(=O)C(C)c1ccc2cc(OC(=O)c3ccc(C(N)=S)cc3)ccc2c1.